The Hall–Kier alpha value is -1.04. The molecule has 0 aromatic heterocycles. The van der Waals surface area contributed by atoms with Crippen molar-refractivity contribution in [3.63, 3.8) is 0 Å². The molecule has 90 valence electrons. The van der Waals surface area contributed by atoms with Gasteiger partial charge in [-0.3, -0.25) is 14.5 Å². The molecule has 2 rings (SSSR count). The lowest BCUT2D eigenvalue weighted by molar-refractivity contribution is -0.146. The summed E-state index contributed by atoms with van der Waals surface area (Å²) in [6.07, 6.45) is -4.89. The molecule has 0 aromatic carbocycles. The lowest BCUT2D eigenvalue weighted by Crippen LogP contribution is -2.43. The molecule has 1 aliphatic carbocycles. The van der Waals surface area contributed by atoms with Crippen molar-refractivity contribution in [2.24, 2.45) is 17.3 Å². The summed E-state index contributed by atoms with van der Waals surface area (Å²) < 4.78 is 24.2. The summed E-state index contributed by atoms with van der Waals surface area (Å²) in [4.78, 5) is 24.1. The van der Waals surface area contributed by atoms with Gasteiger partial charge in [-0.15, -0.1) is 0 Å². The number of nitrogens with zero attached hydrogens (tertiary/aromatic N) is 1. The second-order valence-corrected chi connectivity index (χ2v) is 4.97. The van der Waals surface area contributed by atoms with Crippen molar-refractivity contribution in [2.75, 3.05) is 6.54 Å². The van der Waals surface area contributed by atoms with Crippen LogP contribution in [0.25, 0.3) is 0 Å². The molecule has 1 saturated heterocycles. The number of aliphatic hydroxyl groups is 1. The quantitative estimate of drug-likeness (QED) is 0.711. The number of carbonyl (C=O) groups is 2. The monoisotopic (exact) mass is 233 g/mol. The number of hydrogen-bond donors (Lipinski definition) is 1. The van der Waals surface area contributed by atoms with Crippen LogP contribution in [0.3, 0.4) is 0 Å². The Morgan fingerprint density at radius 3 is 2.12 bits per heavy atom. The maximum absolute atomic E-state index is 12.1. The molecular weight excluding hydrogens is 220 g/mol. The predicted molar refractivity (Wildman–Crippen MR) is 49.5 cm³/mol. The Morgan fingerprint density at radius 1 is 1.31 bits per heavy atom. The SMILES string of the molecule is CC1(C)C2C(=O)N(CC(O)C(F)F)C(=O)C21. The van der Waals surface area contributed by atoms with Crippen LogP contribution in [-0.2, 0) is 9.59 Å². The zero-order valence-electron chi connectivity index (χ0n) is 8.98. The number of likely N-dealkylation sites (tertiary alicyclic amines) is 1. The number of amides is 2. The van der Waals surface area contributed by atoms with Crippen LogP contribution in [0.15, 0.2) is 0 Å². The highest BCUT2D eigenvalue weighted by atomic mass is 19.3. The van der Waals surface area contributed by atoms with E-state index in [0.29, 0.717) is 0 Å². The summed E-state index contributed by atoms with van der Waals surface area (Å²) in [6, 6.07) is 0. The van der Waals surface area contributed by atoms with Gasteiger partial charge in [0.05, 0.1) is 18.4 Å². The largest absolute Gasteiger partial charge is 0.385 e. The minimum Gasteiger partial charge on any atom is -0.385 e. The van der Waals surface area contributed by atoms with Gasteiger partial charge >= 0.3 is 0 Å². The Bertz CT molecular complexity index is 332. The van der Waals surface area contributed by atoms with E-state index in [4.69, 9.17) is 5.11 Å². The summed E-state index contributed by atoms with van der Waals surface area (Å²) in [5.41, 5.74) is -0.347. The van der Waals surface area contributed by atoms with E-state index >= 15 is 0 Å². The molecule has 1 N–H and O–H groups in total. The van der Waals surface area contributed by atoms with Gasteiger partial charge in [-0.05, 0) is 5.41 Å². The molecule has 2 fully saturated rings. The van der Waals surface area contributed by atoms with E-state index < -0.39 is 30.9 Å². The molecule has 0 radical (unpaired) electrons. The van der Waals surface area contributed by atoms with Crippen LogP contribution < -0.4 is 0 Å². The third-order valence-electron chi connectivity index (χ3n) is 3.55. The molecule has 0 spiro atoms. The van der Waals surface area contributed by atoms with Crippen LogP contribution >= 0.6 is 0 Å². The van der Waals surface area contributed by atoms with E-state index in [9.17, 15) is 18.4 Å². The number of aliphatic hydroxyl groups excluding tert-OH is 1. The van der Waals surface area contributed by atoms with Gasteiger partial charge in [0, 0.05) is 0 Å². The molecule has 2 aliphatic rings. The summed E-state index contributed by atoms with van der Waals surface area (Å²) >= 11 is 0. The topological polar surface area (TPSA) is 57.6 Å². The van der Waals surface area contributed by atoms with E-state index in [2.05, 4.69) is 0 Å². The summed E-state index contributed by atoms with van der Waals surface area (Å²) in [6.45, 7) is 3.01. The number of piperidine rings is 1. The van der Waals surface area contributed by atoms with Crippen LogP contribution in [0, 0.1) is 17.3 Å². The second-order valence-electron chi connectivity index (χ2n) is 4.97. The average molecular weight is 233 g/mol. The molecular formula is C10H13F2NO3. The predicted octanol–water partition coefficient (Wildman–Crippen LogP) is 0.253. The Balaban J connectivity index is 2.06. The number of hydrogen-bond acceptors (Lipinski definition) is 3. The van der Waals surface area contributed by atoms with Gasteiger partial charge in [0.25, 0.3) is 6.43 Å². The molecule has 0 bridgehead atoms. The minimum atomic E-state index is -2.94. The normalized spacial score (nSPS) is 33.2. The van der Waals surface area contributed by atoms with Gasteiger partial charge in [0.15, 0.2) is 0 Å². The average Bonchev–Trinajstić information content (AvgIpc) is 2.64. The molecule has 6 heteroatoms. The Morgan fingerprint density at radius 2 is 1.75 bits per heavy atom. The number of carbonyl (C=O) groups excluding carboxylic acids is 2. The first-order chi connectivity index (χ1) is 7.28. The van der Waals surface area contributed by atoms with Gasteiger partial charge < -0.3 is 5.11 Å². The molecule has 3 atom stereocenters. The van der Waals surface area contributed by atoms with Gasteiger partial charge in [-0.1, -0.05) is 13.8 Å². The van der Waals surface area contributed by atoms with E-state index in [1.165, 1.54) is 0 Å². The number of fused-ring (bicyclic) bond motifs is 1. The zero-order chi connectivity index (χ0) is 12.2. The first-order valence-corrected chi connectivity index (χ1v) is 5.10. The van der Waals surface area contributed by atoms with Gasteiger partial charge in [-0.2, -0.15) is 0 Å². The number of rotatable bonds is 3. The van der Waals surface area contributed by atoms with Gasteiger partial charge in [-0.25, -0.2) is 8.78 Å². The highest BCUT2D eigenvalue weighted by Crippen LogP contribution is 2.63. The Kier molecular flexibility index (Phi) is 2.31. The molecule has 4 nitrogen and oxygen atoms in total. The maximum atomic E-state index is 12.1. The highest BCUT2D eigenvalue weighted by Gasteiger charge is 2.72. The van der Waals surface area contributed by atoms with Gasteiger partial charge in [0.1, 0.15) is 6.10 Å². The summed E-state index contributed by atoms with van der Waals surface area (Å²) in [7, 11) is 0. The second kappa shape index (κ2) is 3.23. The summed E-state index contributed by atoms with van der Waals surface area (Å²) in [5.74, 6) is -1.63. The van der Waals surface area contributed by atoms with Crippen molar-refractivity contribution < 1.29 is 23.5 Å². The standard InChI is InChI=1S/C10H13F2NO3/c1-10(2)5-6(10)9(16)13(8(5)15)3-4(14)7(11)12/h4-7,14H,3H2,1-2H3. The molecule has 1 heterocycles. The maximum Gasteiger partial charge on any atom is 0.265 e. The first kappa shape index (κ1) is 11.4. The van der Waals surface area contributed by atoms with Crippen LogP contribution in [0.4, 0.5) is 8.78 Å². The zero-order valence-corrected chi connectivity index (χ0v) is 8.98. The number of halogens is 2. The lowest BCUT2D eigenvalue weighted by atomic mass is 10.1. The van der Waals surface area contributed by atoms with Crippen molar-refractivity contribution >= 4 is 11.8 Å². The highest BCUT2D eigenvalue weighted by molar-refractivity contribution is 6.10. The fourth-order valence-corrected chi connectivity index (χ4v) is 2.45. The minimum absolute atomic E-state index is 0.347. The van der Waals surface area contributed by atoms with Gasteiger partial charge in [0.2, 0.25) is 11.8 Å². The van der Waals surface area contributed by atoms with E-state index in [1.54, 1.807) is 13.8 Å². The lowest BCUT2D eigenvalue weighted by Gasteiger charge is -2.22. The smallest absolute Gasteiger partial charge is 0.265 e. The fraction of sp³-hybridized carbons (Fsp3) is 0.800. The third-order valence-corrected chi connectivity index (χ3v) is 3.55. The summed E-state index contributed by atoms with van der Waals surface area (Å²) in [5, 5.41) is 8.96. The van der Waals surface area contributed by atoms with Crippen molar-refractivity contribution in [1.29, 1.82) is 0 Å². The molecule has 1 saturated carbocycles. The molecule has 2 amide bonds. The molecule has 0 aromatic rings. The number of imide groups is 1. The van der Waals surface area contributed by atoms with Crippen LogP contribution in [0.2, 0.25) is 0 Å². The van der Waals surface area contributed by atoms with E-state index in [1.807, 2.05) is 0 Å². The first-order valence-electron chi connectivity index (χ1n) is 5.10. The van der Waals surface area contributed by atoms with E-state index in [-0.39, 0.29) is 17.3 Å². The number of β-amino-alcohol motifs (C(OH)–C–C–N with tert-alkyl or cyclic N) is 1. The van der Waals surface area contributed by atoms with Crippen molar-refractivity contribution in [1.82, 2.24) is 4.90 Å². The van der Waals surface area contributed by atoms with Crippen LogP contribution in [-0.4, -0.2) is 40.9 Å². The van der Waals surface area contributed by atoms with Crippen molar-refractivity contribution in [3.05, 3.63) is 0 Å². The Labute approximate surface area is 91.2 Å². The number of alkyl halides is 2. The third kappa shape index (κ3) is 1.36. The molecule has 3 unspecified atom stereocenters. The fourth-order valence-electron chi connectivity index (χ4n) is 2.45. The van der Waals surface area contributed by atoms with Crippen LogP contribution in [0.5, 0.6) is 0 Å². The van der Waals surface area contributed by atoms with Crippen LogP contribution in [0.1, 0.15) is 13.8 Å². The van der Waals surface area contributed by atoms with Crippen molar-refractivity contribution in [3.8, 4) is 0 Å². The van der Waals surface area contributed by atoms with Crippen molar-refractivity contribution in [2.45, 2.75) is 26.4 Å². The molecule has 16 heavy (non-hydrogen) atoms. The van der Waals surface area contributed by atoms with E-state index in [0.717, 1.165) is 4.90 Å². The molecule has 1 aliphatic heterocycles.